The monoisotopic (exact) mass is 217 g/mol. The van der Waals surface area contributed by atoms with E-state index in [1.165, 1.54) is 26.4 Å². The van der Waals surface area contributed by atoms with Crippen molar-refractivity contribution in [2.75, 3.05) is 14.2 Å². The minimum Gasteiger partial charge on any atom is -0.497 e. The molecule has 0 aromatic heterocycles. The quantitative estimate of drug-likeness (QED) is 0.838. The molecule has 0 saturated heterocycles. The first-order valence-electron chi connectivity index (χ1n) is 4.35. The topological polar surface area (TPSA) is 44.5 Å². The van der Waals surface area contributed by atoms with E-state index in [-0.39, 0.29) is 0 Å². The molecule has 0 saturated carbocycles. The van der Waals surface area contributed by atoms with Crippen LogP contribution in [0.25, 0.3) is 0 Å². The average molecular weight is 217 g/mol. The van der Waals surface area contributed by atoms with Crippen LogP contribution >= 0.6 is 0 Å². The predicted octanol–water partition coefficient (Wildman–Crippen LogP) is 1.97. The van der Waals surface area contributed by atoms with Crippen LogP contribution < -0.4 is 15.2 Å². The van der Waals surface area contributed by atoms with Gasteiger partial charge in [-0.05, 0) is 17.7 Å². The van der Waals surface area contributed by atoms with E-state index in [4.69, 9.17) is 15.2 Å². The fraction of sp³-hybridized carbons (Fsp3) is 0.400. The van der Waals surface area contributed by atoms with Gasteiger partial charge < -0.3 is 15.2 Å². The van der Waals surface area contributed by atoms with Gasteiger partial charge in [0.1, 0.15) is 11.5 Å². The van der Waals surface area contributed by atoms with Crippen molar-refractivity contribution >= 4 is 0 Å². The molecular formula is C10H13F2NO2. The third-order valence-electron chi connectivity index (χ3n) is 2.03. The van der Waals surface area contributed by atoms with Crippen molar-refractivity contribution in [2.24, 2.45) is 5.73 Å². The summed E-state index contributed by atoms with van der Waals surface area (Å²) in [5, 5.41) is 0. The highest BCUT2D eigenvalue weighted by Gasteiger charge is 2.18. The molecule has 3 nitrogen and oxygen atoms in total. The second-order valence-electron chi connectivity index (χ2n) is 3.01. The Hall–Kier alpha value is -1.36. The summed E-state index contributed by atoms with van der Waals surface area (Å²) < 4.78 is 34.7. The Balaban J connectivity index is 3.06. The van der Waals surface area contributed by atoms with E-state index in [1.54, 1.807) is 6.07 Å². The molecule has 84 valence electrons. The van der Waals surface area contributed by atoms with Crippen molar-refractivity contribution < 1.29 is 18.3 Å². The van der Waals surface area contributed by atoms with Crippen molar-refractivity contribution in [3.63, 3.8) is 0 Å². The van der Waals surface area contributed by atoms with Crippen LogP contribution in [0.4, 0.5) is 8.78 Å². The summed E-state index contributed by atoms with van der Waals surface area (Å²) in [6, 6.07) is 3.22. The molecule has 1 unspecified atom stereocenters. The van der Waals surface area contributed by atoms with Crippen LogP contribution in [-0.4, -0.2) is 20.6 Å². The Bertz CT molecular complexity index is 309. The molecule has 0 radical (unpaired) electrons. The van der Waals surface area contributed by atoms with Crippen LogP contribution in [0.15, 0.2) is 18.2 Å². The summed E-state index contributed by atoms with van der Waals surface area (Å²) in [5.74, 6) is 0.890. The van der Waals surface area contributed by atoms with E-state index in [2.05, 4.69) is 0 Å². The Morgan fingerprint density at radius 2 is 1.53 bits per heavy atom. The molecule has 1 aromatic rings. The van der Waals surface area contributed by atoms with Crippen LogP contribution in [0.1, 0.15) is 11.6 Å². The standard InChI is InChI=1S/C10H13F2NO2/c1-14-7-3-6(9(13)10(11)12)4-8(5-7)15-2/h3-5,9-10H,13H2,1-2H3. The molecule has 1 aromatic carbocycles. The maximum atomic E-state index is 12.4. The van der Waals surface area contributed by atoms with E-state index < -0.39 is 12.5 Å². The number of nitrogens with two attached hydrogens (primary N) is 1. The van der Waals surface area contributed by atoms with Gasteiger partial charge in [-0.25, -0.2) is 8.78 Å². The molecule has 0 spiro atoms. The highest BCUT2D eigenvalue weighted by atomic mass is 19.3. The first-order valence-corrected chi connectivity index (χ1v) is 4.35. The summed E-state index contributed by atoms with van der Waals surface area (Å²) in [7, 11) is 2.90. The smallest absolute Gasteiger partial charge is 0.257 e. The lowest BCUT2D eigenvalue weighted by atomic mass is 10.1. The third-order valence-corrected chi connectivity index (χ3v) is 2.03. The number of hydrogen-bond donors (Lipinski definition) is 1. The van der Waals surface area contributed by atoms with Crippen molar-refractivity contribution in [2.45, 2.75) is 12.5 Å². The molecule has 0 heterocycles. The zero-order valence-corrected chi connectivity index (χ0v) is 8.54. The largest absolute Gasteiger partial charge is 0.497 e. The number of hydrogen-bond acceptors (Lipinski definition) is 3. The lowest BCUT2D eigenvalue weighted by molar-refractivity contribution is 0.116. The van der Waals surface area contributed by atoms with Gasteiger partial charge in [0.05, 0.1) is 20.3 Å². The molecule has 0 bridgehead atoms. The van der Waals surface area contributed by atoms with E-state index >= 15 is 0 Å². The van der Waals surface area contributed by atoms with Crippen LogP contribution in [0.3, 0.4) is 0 Å². The molecule has 1 rings (SSSR count). The van der Waals surface area contributed by atoms with Crippen molar-refractivity contribution in [1.82, 2.24) is 0 Å². The van der Waals surface area contributed by atoms with Crippen molar-refractivity contribution in [3.8, 4) is 11.5 Å². The van der Waals surface area contributed by atoms with Crippen molar-refractivity contribution in [3.05, 3.63) is 23.8 Å². The summed E-state index contributed by atoms with van der Waals surface area (Å²) in [4.78, 5) is 0. The van der Waals surface area contributed by atoms with Gasteiger partial charge in [0.25, 0.3) is 6.43 Å². The van der Waals surface area contributed by atoms with Gasteiger partial charge in [0.15, 0.2) is 0 Å². The molecule has 0 aliphatic rings. The lowest BCUT2D eigenvalue weighted by Crippen LogP contribution is -2.18. The van der Waals surface area contributed by atoms with Crippen LogP contribution in [0, 0.1) is 0 Å². The Morgan fingerprint density at radius 3 is 1.87 bits per heavy atom. The first kappa shape index (κ1) is 11.7. The van der Waals surface area contributed by atoms with Crippen molar-refractivity contribution in [1.29, 1.82) is 0 Å². The number of methoxy groups -OCH3 is 2. The summed E-state index contributed by atoms with van der Waals surface area (Å²) in [6.45, 7) is 0. The molecule has 15 heavy (non-hydrogen) atoms. The third kappa shape index (κ3) is 2.79. The minimum absolute atomic E-state index is 0.293. The van der Waals surface area contributed by atoms with Gasteiger partial charge in [-0.3, -0.25) is 0 Å². The van der Waals surface area contributed by atoms with E-state index in [0.29, 0.717) is 17.1 Å². The molecule has 0 aliphatic heterocycles. The van der Waals surface area contributed by atoms with Gasteiger partial charge in [-0.2, -0.15) is 0 Å². The van der Waals surface area contributed by atoms with Gasteiger partial charge in [-0.1, -0.05) is 0 Å². The van der Waals surface area contributed by atoms with Crippen LogP contribution in [-0.2, 0) is 0 Å². The summed E-state index contributed by atoms with van der Waals surface area (Å²) in [6.07, 6.45) is -2.61. The Kier molecular flexibility index (Phi) is 3.85. The molecule has 0 fully saturated rings. The Morgan fingerprint density at radius 1 is 1.07 bits per heavy atom. The molecule has 0 amide bonds. The molecule has 0 aliphatic carbocycles. The predicted molar refractivity (Wildman–Crippen MR) is 52.5 cm³/mol. The number of halogens is 2. The van der Waals surface area contributed by atoms with E-state index in [9.17, 15) is 8.78 Å². The van der Waals surface area contributed by atoms with Crippen LogP contribution in [0.5, 0.6) is 11.5 Å². The first-order chi connectivity index (χ1) is 7.08. The normalized spacial score (nSPS) is 12.7. The lowest BCUT2D eigenvalue weighted by Gasteiger charge is -2.13. The zero-order chi connectivity index (χ0) is 11.4. The highest BCUT2D eigenvalue weighted by molar-refractivity contribution is 5.39. The molecular weight excluding hydrogens is 204 g/mol. The van der Waals surface area contributed by atoms with E-state index in [0.717, 1.165) is 0 Å². The minimum atomic E-state index is -2.61. The number of ether oxygens (including phenoxy) is 2. The maximum absolute atomic E-state index is 12.4. The fourth-order valence-corrected chi connectivity index (χ4v) is 1.17. The zero-order valence-electron chi connectivity index (χ0n) is 8.54. The van der Waals surface area contributed by atoms with E-state index in [1.807, 2.05) is 0 Å². The highest BCUT2D eigenvalue weighted by Crippen LogP contribution is 2.27. The fourth-order valence-electron chi connectivity index (χ4n) is 1.17. The van der Waals surface area contributed by atoms with Crippen LogP contribution in [0.2, 0.25) is 0 Å². The number of alkyl halides is 2. The summed E-state index contributed by atoms with van der Waals surface area (Å²) in [5.41, 5.74) is 5.62. The maximum Gasteiger partial charge on any atom is 0.257 e. The number of benzene rings is 1. The number of rotatable bonds is 4. The van der Waals surface area contributed by atoms with Gasteiger partial charge in [0, 0.05) is 6.07 Å². The van der Waals surface area contributed by atoms with Gasteiger partial charge >= 0.3 is 0 Å². The SMILES string of the molecule is COc1cc(OC)cc(C(N)C(F)F)c1. The van der Waals surface area contributed by atoms with Gasteiger partial charge in [0.2, 0.25) is 0 Å². The molecule has 2 N–H and O–H groups in total. The second-order valence-corrected chi connectivity index (χ2v) is 3.01. The molecule has 1 atom stereocenters. The van der Waals surface area contributed by atoms with Gasteiger partial charge in [-0.15, -0.1) is 0 Å². The average Bonchev–Trinajstić information content (AvgIpc) is 2.27. The summed E-state index contributed by atoms with van der Waals surface area (Å²) >= 11 is 0. The molecule has 5 heteroatoms. The second kappa shape index (κ2) is 4.93. The Labute approximate surface area is 86.8 Å².